The van der Waals surface area contributed by atoms with E-state index in [4.69, 9.17) is 5.26 Å². The fraction of sp³-hybridized carbons (Fsp3) is 0.273. The summed E-state index contributed by atoms with van der Waals surface area (Å²) in [5.41, 5.74) is 0.496. The summed E-state index contributed by atoms with van der Waals surface area (Å²) in [6, 6.07) is 6.06. The Morgan fingerprint density at radius 2 is 2.19 bits per heavy atom. The van der Waals surface area contributed by atoms with Crippen LogP contribution in [0.2, 0.25) is 0 Å². The quantitative estimate of drug-likeness (QED) is 0.442. The Labute approximate surface area is 92.5 Å². The van der Waals surface area contributed by atoms with Crippen LogP contribution in [0, 0.1) is 34.3 Å². The third-order valence-electron chi connectivity index (χ3n) is 2.20. The molecule has 1 aromatic rings. The Bertz CT molecular complexity index is 488. The zero-order valence-corrected chi connectivity index (χ0v) is 8.93. The third kappa shape index (κ3) is 2.23. The molecule has 0 aliphatic carbocycles. The minimum atomic E-state index is -0.875. The van der Waals surface area contributed by atoms with Crippen LogP contribution in [0.5, 0.6) is 0 Å². The van der Waals surface area contributed by atoms with Gasteiger partial charge in [-0.15, -0.1) is 0 Å². The van der Waals surface area contributed by atoms with Crippen molar-refractivity contribution in [1.82, 2.24) is 0 Å². The second-order valence-corrected chi connectivity index (χ2v) is 3.49. The smallest absolute Gasteiger partial charge is 0.280 e. The van der Waals surface area contributed by atoms with E-state index in [1.807, 2.05) is 0 Å². The van der Waals surface area contributed by atoms with E-state index in [0.717, 1.165) is 5.56 Å². The highest BCUT2D eigenvalue weighted by molar-refractivity contribution is 6.02. The molecule has 1 atom stereocenters. The summed E-state index contributed by atoms with van der Waals surface area (Å²) in [7, 11) is 0. The number of benzene rings is 1. The molecule has 5 nitrogen and oxygen atoms in total. The van der Waals surface area contributed by atoms with Gasteiger partial charge in [-0.1, -0.05) is 6.07 Å². The highest BCUT2D eigenvalue weighted by atomic mass is 16.6. The number of Topliss-reactive ketones (excluding diaryl/α,β-unsaturated/α-hetero) is 1. The van der Waals surface area contributed by atoms with Crippen LogP contribution in [0.1, 0.15) is 22.8 Å². The number of hydrogen-bond donors (Lipinski definition) is 0. The average Bonchev–Trinajstić information content (AvgIpc) is 2.26. The number of carbonyl (C=O) groups is 1. The van der Waals surface area contributed by atoms with Crippen molar-refractivity contribution in [3.8, 4) is 6.07 Å². The first kappa shape index (κ1) is 11.9. The summed E-state index contributed by atoms with van der Waals surface area (Å²) in [6.45, 7) is 3.16. The Morgan fingerprint density at radius 3 is 2.69 bits per heavy atom. The molecule has 0 N–H and O–H groups in total. The molecule has 82 valence electrons. The lowest BCUT2D eigenvalue weighted by Crippen LogP contribution is -2.11. The summed E-state index contributed by atoms with van der Waals surface area (Å²) in [4.78, 5) is 21.8. The number of hydrogen-bond acceptors (Lipinski definition) is 4. The molecule has 0 aliphatic heterocycles. The average molecular weight is 218 g/mol. The van der Waals surface area contributed by atoms with Gasteiger partial charge in [0.15, 0.2) is 5.78 Å². The molecule has 0 fully saturated rings. The number of nitro benzene ring substituents is 1. The molecule has 0 aromatic heterocycles. The van der Waals surface area contributed by atoms with Gasteiger partial charge in [-0.05, 0) is 25.5 Å². The maximum Gasteiger partial charge on any atom is 0.280 e. The first-order valence-electron chi connectivity index (χ1n) is 4.66. The second kappa shape index (κ2) is 4.53. The number of ketones is 1. The summed E-state index contributed by atoms with van der Waals surface area (Å²) >= 11 is 0. The van der Waals surface area contributed by atoms with Crippen molar-refractivity contribution in [2.24, 2.45) is 5.92 Å². The second-order valence-electron chi connectivity index (χ2n) is 3.49. The van der Waals surface area contributed by atoms with Gasteiger partial charge in [0.1, 0.15) is 5.92 Å². The van der Waals surface area contributed by atoms with Gasteiger partial charge in [0, 0.05) is 6.07 Å². The summed E-state index contributed by atoms with van der Waals surface area (Å²) in [5.74, 6) is -1.39. The minimum absolute atomic E-state index is 0.000880. The number of nitriles is 1. The molecule has 1 aromatic carbocycles. The zero-order valence-electron chi connectivity index (χ0n) is 8.93. The molecule has 0 spiro atoms. The molecule has 1 unspecified atom stereocenters. The van der Waals surface area contributed by atoms with E-state index in [1.165, 1.54) is 19.1 Å². The number of rotatable bonds is 3. The molecular weight excluding hydrogens is 208 g/mol. The van der Waals surface area contributed by atoms with Gasteiger partial charge >= 0.3 is 0 Å². The number of nitro groups is 1. The highest BCUT2D eigenvalue weighted by Gasteiger charge is 2.23. The molecule has 5 heteroatoms. The van der Waals surface area contributed by atoms with Crippen molar-refractivity contribution in [2.75, 3.05) is 0 Å². The first-order chi connectivity index (χ1) is 7.47. The van der Waals surface area contributed by atoms with Crippen molar-refractivity contribution in [1.29, 1.82) is 5.26 Å². The Balaban J connectivity index is 3.31. The van der Waals surface area contributed by atoms with Crippen LogP contribution in [0.15, 0.2) is 18.2 Å². The fourth-order valence-corrected chi connectivity index (χ4v) is 1.30. The lowest BCUT2D eigenvalue weighted by Gasteiger charge is -2.04. The van der Waals surface area contributed by atoms with Crippen LogP contribution < -0.4 is 0 Å². The lowest BCUT2D eigenvalue weighted by molar-refractivity contribution is -0.385. The van der Waals surface area contributed by atoms with Crippen LogP contribution in [0.4, 0.5) is 5.69 Å². The Hall–Kier alpha value is -2.22. The first-order valence-corrected chi connectivity index (χ1v) is 4.66. The van der Waals surface area contributed by atoms with Gasteiger partial charge < -0.3 is 0 Å². The van der Waals surface area contributed by atoms with E-state index in [1.54, 1.807) is 19.1 Å². The Morgan fingerprint density at radius 1 is 1.56 bits per heavy atom. The zero-order chi connectivity index (χ0) is 12.3. The maximum atomic E-state index is 11.7. The van der Waals surface area contributed by atoms with Gasteiger partial charge in [-0.2, -0.15) is 5.26 Å². The largest absolute Gasteiger partial charge is 0.292 e. The van der Waals surface area contributed by atoms with Gasteiger partial charge in [0.2, 0.25) is 0 Å². The predicted molar refractivity (Wildman–Crippen MR) is 56.9 cm³/mol. The molecular formula is C11H10N2O3. The fourth-order valence-electron chi connectivity index (χ4n) is 1.30. The molecule has 0 aliphatic rings. The van der Waals surface area contributed by atoms with E-state index in [2.05, 4.69) is 0 Å². The number of nitrogens with zero attached hydrogens (tertiary/aromatic N) is 2. The molecule has 0 heterocycles. The van der Waals surface area contributed by atoms with Crippen molar-refractivity contribution < 1.29 is 9.72 Å². The highest BCUT2D eigenvalue weighted by Crippen LogP contribution is 2.22. The van der Waals surface area contributed by atoms with E-state index in [0.29, 0.717) is 0 Å². The Kier molecular flexibility index (Phi) is 3.36. The van der Waals surface area contributed by atoms with Crippen LogP contribution in [-0.2, 0) is 0 Å². The summed E-state index contributed by atoms with van der Waals surface area (Å²) in [5, 5.41) is 19.3. The van der Waals surface area contributed by atoms with E-state index in [-0.39, 0.29) is 11.3 Å². The van der Waals surface area contributed by atoms with Crippen molar-refractivity contribution in [3.05, 3.63) is 39.4 Å². The lowest BCUT2D eigenvalue weighted by atomic mass is 9.97. The van der Waals surface area contributed by atoms with Gasteiger partial charge in [-0.3, -0.25) is 14.9 Å². The molecule has 0 bridgehead atoms. The minimum Gasteiger partial charge on any atom is -0.292 e. The summed E-state index contributed by atoms with van der Waals surface area (Å²) < 4.78 is 0. The van der Waals surface area contributed by atoms with E-state index >= 15 is 0 Å². The molecule has 0 saturated heterocycles. The van der Waals surface area contributed by atoms with Gasteiger partial charge in [-0.25, -0.2) is 0 Å². The summed E-state index contributed by atoms with van der Waals surface area (Å²) in [6.07, 6.45) is 0. The maximum absolute atomic E-state index is 11.7. The van der Waals surface area contributed by atoms with Crippen LogP contribution in [0.25, 0.3) is 0 Å². The standard InChI is InChI=1S/C11H10N2O3/c1-7-3-4-10(13(15)16)9(5-7)11(14)8(2)6-12/h3-5,8H,1-2H3. The van der Waals surface area contributed by atoms with Crippen molar-refractivity contribution in [2.45, 2.75) is 13.8 Å². The van der Waals surface area contributed by atoms with E-state index in [9.17, 15) is 14.9 Å². The van der Waals surface area contributed by atoms with E-state index < -0.39 is 16.6 Å². The third-order valence-corrected chi connectivity index (χ3v) is 2.20. The van der Waals surface area contributed by atoms with Crippen molar-refractivity contribution in [3.63, 3.8) is 0 Å². The van der Waals surface area contributed by atoms with Crippen LogP contribution >= 0.6 is 0 Å². The molecule has 16 heavy (non-hydrogen) atoms. The number of carbonyl (C=O) groups excluding carboxylic acids is 1. The SMILES string of the molecule is Cc1ccc([N+](=O)[O-])c(C(=O)C(C)C#N)c1. The molecule has 0 radical (unpaired) electrons. The van der Waals surface area contributed by atoms with Gasteiger partial charge in [0.05, 0.1) is 16.6 Å². The predicted octanol–water partition coefficient (Wildman–Crippen LogP) is 2.25. The van der Waals surface area contributed by atoms with Crippen molar-refractivity contribution >= 4 is 11.5 Å². The molecule has 0 saturated carbocycles. The normalized spacial score (nSPS) is 11.6. The monoisotopic (exact) mass is 218 g/mol. The molecule has 1 rings (SSSR count). The topological polar surface area (TPSA) is 84.0 Å². The number of aryl methyl sites for hydroxylation is 1. The van der Waals surface area contributed by atoms with Crippen LogP contribution in [0.3, 0.4) is 0 Å². The van der Waals surface area contributed by atoms with Crippen LogP contribution in [-0.4, -0.2) is 10.7 Å². The van der Waals surface area contributed by atoms with Gasteiger partial charge in [0.25, 0.3) is 5.69 Å². The molecule has 0 amide bonds.